The quantitative estimate of drug-likeness (QED) is 0.417. The number of aromatic amines is 1. The van der Waals surface area contributed by atoms with Crippen molar-refractivity contribution in [2.24, 2.45) is 0 Å². The van der Waals surface area contributed by atoms with Gasteiger partial charge in [0.25, 0.3) is 5.91 Å². The number of aromatic nitrogens is 5. The molecular weight excluding hydrogens is 465 g/mol. The van der Waals surface area contributed by atoms with Crippen LogP contribution in [0.25, 0.3) is 16.6 Å². The molecule has 1 fully saturated rings. The minimum Gasteiger partial charge on any atom is -0.435 e. The molecule has 36 heavy (non-hydrogen) atoms. The minimum atomic E-state index is -0.693. The molecule has 7 rings (SSSR count). The van der Waals surface area contributed by atoms with Crippen molar-refractivity contribution in [1.29, 1.82) is 0 Å². The second kappa shape index (κ2) is 8.16. The maximum absolute atomic E-state index is 14.4. The molecule has 1 aromatic carbocycles. The van der Waals surface area contributed by atoms with Crippen molar-refractivity contribution in [2.45, 2.75) is 12.5 Å². The number of benzene rings is 1. The second-order valence-electron chi connectivity index (χ2n) is 8.93. The van der Waals surface area contributed by atoms with Crippen molar-refractivity contribution in [2.75, 3.05) is 37.7 Å². The van der Waals surface area contributed by atoms with E-state index in [0.717, 1.165) is 24.5 Å². The summed E-state index contributed by atoms with van der Waals surface area (Å²) in [5.74, 6) is -0.492. The van der Waals surface area contributed by atoms with Gasteiger partial charge in [-0.3, -0.25) is 4.79 Å². The molecule has 11 heteroatoms. The molecule has 2 aliphatic heterocycles. The Morgan fingerprint density at radius 1 is 1.14 bits per heavy atom. The lowest BCUT2D eigenvalue weighted by Gasteiger charge is -2.32. The summed E-state index contributed by atoms with van der Waals surface area (Å²) in [5.41, 5.74) is 4.20. The topological polar surface area (TPSA) is 105 Å². The van der Waals surface area contributed by atoms with Gasteiger partial charge in [-0.2, -0.15) is 5.10 Å². The van der Waals surface area contributed by atoms with Gasteiger partial charge in [0.05, 0.1) is 54.4 Å². The average Bonchev–Trinajstić information content (AvgIpc) is 3.66. The van der Waals surface area contributed by atoms with Crippen LogP contribution in [0.15, 0.2) is 53.5 Å². The number of imidazole rings is 1. The molecule has 2 aliphatic rings. The molecule has 0 radical (unpaired) electrons. The Balaban J connectivity index is 1.28. The SMILES string of the molecule is O=C(c1cnn2cc(N3CCOCC3)ccc12)N1CCc2[nH]cnc2[C@H]1c1nc2cccc(F)c2o1. The molecule has 0 spiro atoms. The van der Waals surface area contributed by atoms with Crippen LogP contribution in [0.1, 0.15) is 33.7 Å². The number of rotatable bonds is 3. The highest BCUT2D eigenvalue weighted by Gasteiger charge is 2.38. The van der Waals surface area contributed by atoms with Gasteiger partial charge in [0, 0.05) is 31.7 Å². The van der Waals surface area contributed by atoms with Gasteiger partial charge in [0.2, 0.25) is 5.89 Å². The van der Waals surface area contributed by atoms with Gasteiger partial charge in [0.15, 0.2) is 17.4 Å². The number of carbonyl (C=O) groups excluding carboxylic acids is 1. The van der Waals surface area contributed by atoms with E-state index < -0.39 is 11.9 Å². The zero-order valence-corrected chi connectivity index (χ0v) is 19.2. The summed E-state index contributed by atoms with van der Waals surface area (Å²) in [4.78, 5) is 30.0. The number of amides is 1. The summed E-state index contributed by atoms with van der Waals surface area (Å²) in [6.07, 6.45) is 5.72. The Kier molecular flexibility index (Phi) is 4.78. The normalized spacial score (nSPS) is 18.2. The van der Waals surface area contributed by atoms with Gasteiger partial charge in [-0.05, 0) is 24.3 Å². The summed E-state index contributed by atoms with van der Waals surface area (Å²) in [5, 5.41) is 4.47. The zero-order chi connectivity index (χ0) is 24.2. The van der Waals surface area contributed by atoms with Crippen LogP contribution >= 0.6 is 0 Å². The molecule has 1 amide bonds. The summed E-state index contributed by atoms with van der Waals surface area (Å²) >= 11 is 0. The summed E-state index contributed by atoms with van der Waals surface area (Å²) < 4.78 is 27.4. The fourth-order valence-corrected chi connectivity index (χ4v) is 5.10. The van der Waals surface area contributed by atoms with E-state index in [-0.39, 0.29) is 17.4 Å². The molecule has 4 aromatic heterocycles. The number of oxazole rings is 1. The molecule has 5 aromatic rings. The van der Waals surface area contributed by atoms with E-state index in [2.05, 4.69) is 25.0 Å². The largest absolute Gasteiger partial charge is 0.435 e. The van der Waals surface area contributed by atoms with Gasteiger partial charge in [0.1, 0.15) is 5.52 Å². The molecule has 1 atom stereocenters. The highest BCUT2D eigenvalue weighted by molar-refractivity contribution is 6.01. The molecule has 1 saturated heterocycles. The van der Waals surface area contributed by atoms with Crippen LogP contribution in [0.3, 0.4) is 0 Å². The highest BCUT2D eigenvalue weighted by Crippen LogP contribution is 2.36. The maximum atomic E-state index is 14.4. The Morgan fingerprint density at radius 3 is 2.89 bits per heavy atom. The number of hydrogen-bond acceptors (Lipinski definition) is 7. The standard InChI is InChI=1S/C25H22FN7O3/c26-17-2-1-3-19-23(17)36-24(30-19)22-21-18(27-14-28-21)6-7-32(22)25(34)16-12-29-33-13-15(4-5-20(16)33)31-8-10-35-11-9-31/h1-5,12-14,22H,6-11H2,(H,27,28)/t22-/m0/s1. The van der Waals surface area contributed by atoms with E-state index in [1.165, 1.54) is 6.07 Å². The van der Waals surface area contributed by atoms with E-state index in [1.807, 2.05) is 18.3 Å². The molecule has 0 saturated carbocycles. The van der Waals surface area contributed by atoms with Gasteiger partial charge in [-0.25, -0.2) is 18.9 Å². The summed E-state index contributed by atoms with van der Waals surface area (Å²) in [6, 6.07) is 7.81. The lowest BCUT2D eigenvalue weighted by atomic mass is 10.0. The van der Waals surface area contributed by atoms with Gasteiger partial charge >= 0.3 is 0 Å². The Morgan fingerprint density at radius 2 is 2.03 bits per heavy atom. The van der Waals surface area contributed by atoms with Crippen LogP contribution in [0.5, 0.6) is 0 Å². The maximum Gasteiger partial charge on any atom is 0.258 e. The summed E-state index contributed by atoms with van der Waals surface area (Å²) in [6.45, 7) is 3.41. The number of nitrogens with one attached hydrogen (secondary N) is 1. The zero-order valence-electron chi connectivity index (χ0n) is 19.2. The lowest BCUT2D eigenvalue weighted by Crippen LogP contribution is -2.41. The number of fused-ring (bicyclic) bond motifs is 3. The van der Waals surface area contributed by atoms with Gasteiger partial charge in [-0.15, -0.1) is 0 Å². The van der Waals surface area contributed by atoms with Crippen molar-refractivity contribution in [3.05, 3.63) is 77.7 Å². The molecule has 182 valence electrons. The number of morpholine rings is 1. The lowest BCUT2D eigenvalue weighted by molar-refractivity contribution is 0.0669. The minimum absolute atomic E-state index is 0.0641. The predicted molar refractivity (Wildman–Crippen MR) is 127 cm³/mol. The third-order valence-corrected chi connectivity index (χ3v) is 6.91. The van der Waals surface area contributed by atoms with E-state index in [4.69, 9.17) is 9.15 Å². The van der Waals surface area contributed by atoms with E-state index in [1.54, 1.807) is 34.1 Å². The van der Waals surface area contributed by atoms with Gasteiger partial charge in [-0.1, -0.05) is 6.07 Å². The first-order chi connectivity index (χ1) is 17.7. The molecule has 1 N–H and O–H groups in total. The summed E-state index contributed by atoms with van der Waals surface area (Å²) in [7, 11) is 0. The molecule has 0 aliphatic carbocycles. The van der Waals surface area contributed by atoms with Crippen molar-refractivity contribution in [3.63, 3.8) is 0 Å². The third-order valence-electron chi connectivity index (χ3n) is 6.91. The molecular formula is C25H22FN7O3. The molecule has 0 bridgehead atoms. The number of hydrogen-bond donors (Lipinski definition) is 1. The third kappa shape index (κ3) is 3.27. The number of anilines is 1. The van der Waals surface area contributed by atoms with Crippen molar-refractivity contribution >= 4 is 28.2 Å². The van der Waals surface area contributed by atoms with Crippen LogP contribution in [0.4, 0.5) is 10.1 Å². The second-order valence-corrected chi connectivity index (χ2v) is 8.93. The highest BCUT2D eigenvalue weighted by atomic mass is 19.1. The van der Waals surface area contributed by atoms with Crippen LogP contribution in [-0.4, -0.2) is 68.2 Å². The first-order valence-electron chi connectivity index (χ1n) is 11.9. The van der Waals surface area contributed by atoms with Gasteiger partial charge < -0.3 is 23.9 Å². The molecule has 0 unspecified atom stereocenters. The number of nitrogens with zero attached hydrogens (tertiary/aromatic N) is 6. The number of H-pyrrole nitrogens is 1. The fraction of sp³-hybridized carbons (Fsp3) is 0.280. The Labute approximate surface area is 204 Å². The molecule has 10 nitrogen and oxygen atoms in total. The Bertz CT molecular complexity index is 1600. The van der Waals surface area contributed by atoms with E-state index >= 15 is 0 Å². The fourth-order valence-electron chi connectivity index (χ4n) is 5.10. The van der Waals surface area contributed by atoms with Crippen molar-refractivity contribution < 1.29 is 18.3 Å². The first-order valence-corrected chi connectivity index (χ1v) is 11.9. The molecule has 6 heterocycles. The predicted octanol–water partition coefficient (Wildman–Crippen LogP) is 2.96. The van der Waals surface area contributed by atoms with Crippen LogP contribution in [0.2, 0.25) is 0 Å². The van der Waals surface area contributed by atoms with E-state index in [0.29, 0.717) is 48.5 Å². The monoisotopic (exact) mass is 487 g/mol. The van der Waals surface area contributed by atoms with Crippen LogP contribution in [-0.2, 0) is 11.2 Å². The smallest absolute Gasteiger partial charge is 0.258 e. The number of pyridine rings is 1. The van der Waals surface area contributed by atoms with Crippen molar-refractivity contribution in [1.82, 2.24) is 29.5 Å². The van der Waals surface area contributed by atoms with Crippen LogP contribution in [0, 0.1) is 5.82 Å². The van der Waals surface area contributed by atoms with E-state index in [9.17, 15) is 9.18 Å². The van der Waals surface area contributed by atoms with Crippen molar-refractivity contribution in [3.8, 4) is 0 Å². The first kappa shape index (κ1) is 21.1. The number of halogens is 1. The van der Waals surface area contributed by atoms with Crippen LogP contribution < -0.4 is 4.90 Å². The number of para-hydroxylation sites is 1. The number of ether oxygens (including phenoxy) is 1. The average molecular weight is 487 g/mol. The number of carbonyl (C=O) groups is 1. The Hall–Kier alpha value is -4.25.